The lowest BCUT2D eigenvalue weighted by atomic mass is 9.89. The van der Waals surface area contributed by atoms with Crippen LogP contribution in [0.2, 0.25) is 0 Å². The van der Waals surface area contributed by atoms with Gasteiger partial charge in [0.15, 0.2) is 0 Å². The molecule has 0 saturated carbocycles. The standard InChI is InChI=1S/C23H37BrN2O/c1-23(2,3)15-11-9-7-5-4-6-8-10-12-18-27-19-26-17-14-20-21(24)13-16-25-22(20)26/h13-14,16-17H,4-12,15,18-19H2,1-3H3. The molecular weight excluding hydrogens is 400 g/mol. The molecule has 0 bridgehead atoms. The number of hydrogen-bond acceptors (Lipinski definition) is 2. The van der Waals surface area contributed by atoms with Crippen molar-refractivity contribution in [2.24, 2.45) is 5.41 Å². The Morgan fingerprint density at radius 1 is 0.926 bits per heavy atom. The maximum absolute atomic E-state index is 5.83. The van der Waals surface area contributed by atoms with Crippen molar-refractivity contribution in [3.05, 3.63) is 29.0 Å². The molecule has 0 aliphatic heterocycles. The Morgan fingerprint density at radius 2 is 1.56 bits per heavy atom. The van der Waals surface area contributed by atoms with Gasteiger partial charge in [-0.05, 0) is 46.3 Å². The molecular formula is C23H37BrN2O. The van der Waals surface area contributed by atoms with Gasteiger partial charge in [-0.25, -0.2) is 4.98 Å². The third kappa shape index (κ3) is 8.78. The van der Waals surface area contributed by atoms with E-state index in [9.17, 15) is 0 Å². The van der Waals surface area contributed by atoms with Gasteiger partial charge in [0.1, 0.15) is 12.4 Å². The quantitative estimate of drug-likeness (QED) is 0.300. The van der Waals surface area contributed by atoms with Crippen molar-refractivity contribution in [3.63, 3.8) is 0 Å². The number of nitrogens with zero attached hydrogens (tertiary/aromatic N) is 2. The van der Waals surface area contributed by atoms with E-state index in [1.54, 1.807) is 0 Å². The van der Waals surface area contributed by atoms with Crippen molar-refractivity contribution < 1.29 is 4.74 Å². The summed E-state index contributed by atoms with van der Waals surface area (Å²) in [6.45, 7) is 8.44. The summed E-state index contributed by atoms with van der Waals surface area (Å²) >= 11 is 3.56. The Labute approximate surface area is 174 Å². The van der Waals surface area contributed by atoms with Crippen LogP contribution in [0.4, 0.5) is 0 Å². The van der Waals surface area contributed by atoms with Gasteiger partial charge in [0.05, 0.1) is 0 Å². The molecule has 0 fully saturated rings. The number of unbranched alkanes of at least 4 members (excludes halogenated alkanes) is 8. The number of pyridine rings is 1. The van der Waals surface area contributed by atoms with E-state index in [0.717, 1.165) is 28.5 Å². The first-order valence-corrected chi connectivity index (χ1v) is 11.4. The molecule has 0 spiro atoms. The van der Waals surface area contributed by atoms with E-state index in [4.69, 9.17) is 4.74 Å². The van der Waals surface area contributed by atoms with E-state index in [-0.39, 0.29) is 0 Å². The maximum atomic E-state index is 5.83. The van der Waals surface area contributed by atoms with Gasteiger partial charge in [-0.1, -0.05) is 72.1 Å². The molecule has 0 aliphatic carbocycles. The lowest BCUT2D eigenvalue weighted by molar-refractivity contribution is 0.0763. The third-order valence-electron chi connectivity index (χ3n) is 5.05. The molecule has 0 N–H and O–H groups in total. The zero-order valence-corrected chi connectivity index (χ0v) is 19.1. The summed E-state index contributed by atoms with van der Waals surface area (Å²) in [5, 5.41) is 1.14. The summed E-state index contributed by atoms with van der Waals surface area (Å²) in [6.07, 6.45) is 17.4. The molecule has 0 saturated heterocycles. The molecule has 0 aromatic carbocycles. The summed E-state index contributed by atoms with van der Waals surface area (Å²) in [6, 6.07) is 4.05. The van der Waals surface area contributed by atoms with Crippen molar-refractivity contribution in [1.29, 1.82) is 0 Å². The Balaban J connectivity index is 1.42. The minimum atomic E-state index is 0.504. The van der Waals surface area contributed by atoms with Gasteiger partial charge in [-0.15, -0.1) is 0 Å². The molecule has 152 valence electrons. The lowest BCUT2D eigenvalue weighted by Gasteiger charge is -2.17. The van der Waals surface area contributed by atoms with Gasteiger partial charge in [0.25, 0.3) is 0 Å². The molecule has 0 radical (unpaired) electrons. The Kier molecular flexibility index (Phi) is 9.84. The topological polar surface area (TPSA) is 27.1 Å². The monoisotopic (exact) mass is 436 g/mol. The first kappa shape index (κ1) is 22.4. The van der Waals surface area contributed by atoms with E-state index in [0.29, 0.717) is 12.1 Å². The largest absolute Gasteiger partial charge is 0.361 e. The Morgan fingerprint density at radius 3 is 2.22 bits per heavy atom. The van der Waals surface area contributed by atoms with Crippen molar-refractivity contribution in [2.45, 2.75) is 91.7 Å². The zero-order chi connectivity index (χ0) is 19.5. The van der Waals surface area contributed by atoms with Crippen LogP contribution in [-0.4, -0.2) is 16.2 Å². The van der Waals surface area contributed by atoms with Crippen LogP contribution in [0.3, 0.4) is 0 Å². The molecule has 2 rings (SSSR count). The lowest BCUT2D eigenvalue weighted by Crippen LogP contribution is -2.03. The molecule has 3 nitrogen and oxygen atoms in total. The minimum Gasteiger partial charge on any atom is -0.361 e. The predicted molar refractivity (Wildman–Crippen MR) is 119 cm³/mol. The summed E-state index contributed by atoms with van der Waals surface area (Å²) in [5.41, 5.74) is 1.48. The van der Waals surface area contributed by atoms with Crippen molar-refractivity contribution in [1.82, 2.24) is 9.55 Å². The Bertz CT molecular complexity index is 660. The van der Waals surface area contributed by atoms with Crippen LogP contribution in [0.5, 0.6) is 0 Å². The van der Waals surface area contributed by atoms with E-state index in [2.05, 4.69) is 52.3 Å². The molecule has 2 aromatic heterocycles. The summed E-state index contributed by atoms with van der Waals surface area (Å²) in [7, 11) is 0. The van der Waals surface area contributed by atoms with Crippen LogP contribution in [0.15, 0.2) is 29.0 Å². The number of fused-ring (bicyclic) bond motifs is 1. The second kappa shape index (κ2) is 11.9. The molecule has 2 aromatic rings. The fraction of sp³-hybridized carbons (Fsp3) is 0.696. The van der Waals surface area contributed by atoms with Gasteiger partial charge in [0, 0.05) is 28.9 Å². The molecule has 0 amide bonds. The maximum Gasteiger partial charge on any atom is 0.142 e. The highest BCUT2D eigenvalue weighted by Gasteiger charge is 2.08. The van der Waals surface area contributed by atoms with E-state index >= 15 is 0 Å². The van der Waals surface area contributed by atoms with E-state index in [1.807, 2.05) is 18.5 Å². The first-order chi connectivity index (χ1) is 13.0. The number of hydrogen-bond donors (Lipinski definition) is 0. The average Bonchev–Trinajstić information content (AvgIpc) is 3.02. The van der Waals surface area contributed by atoms with Gasteiger partial charge in [0.2, 0.25) is 0 Å². The zero-order valence-electron chi connectivity index (χ0n) is 17.5. The molecule has 27 heavy (non-hydrogen) atoms. The summed E-state index contributed by atoms with van der Waals surface area (Å²) in [5.74, 6) is 0. The van der Waals surface area contributed by atoms with Gasteiger partial charge >= 0.3 is 0 Å². The number of halogens is 1. The van der Waals surface area contributed by atoms with Crippen LogP contribution >= 0.6 is 15.9 Å². The smallest absolute Gasteiger partial charge is 0.142 e. The van der Waals surface area contributed by atoms with Crippen LogP contribution < -0.4 is 0 Å². The first-order valence-electron chi connectivity index (χ1n) is 10.6. The van der Waals surface area contributed by atoms with E-state index in [1.165, 1.54) is 57.8 Å². The van der Waals surface area contributed by atoms with Crippen LogP contribution in [0.25, 0.3) is 11.0 Å². The minimum absolute atomic E-state index is 0.504. The van der Waals surface area contributed by atoms with Crippen molar-refractivity contribution in [3.8, 4) is 0 Å². The van der Waals surface area contributed by atoms with E-state index < -0.39 is 0 Å². The fourth-order valence-electron chi connectivity index (χ4n) is 3.42. The molecule has 0 unspecified atom stereocenters. The second-order valence-electron chi connectivity index (χ2n) is 8.85. The SMILES string of the molecule is CC(C)(C)CCCCCCCCCCCOCn1ccc2c(Br)ccnc21. The highest BCUT2D eigenvalue weighted by molar-refractivity contribution is 9.10. The number of rotatable bonds is 13. The highest BCUT2D eigenvalue weighted by atomic mass is 79.9. The summed E-state index contributed by atoms with van der Waals surface area (Å²) in [4.78, 5) is 4.44. The van der Waals surface area contributed by atoms with Crippen molar-refractivity contribution in [2.75, 3.05) is 6.61 Å². The normalized spacial score (nSPS) is 12.1. The fourth-order valence-corrected chi connectivity index (χ4v) is 3.85. The van der Waals surface area contributed by atoms with Gasteiger partial charge < -0.3 is 9.30 Å². The van der Waals surface area contributed by atoms with Crippen LogP contribution in [0, 0.1) is 5.41 Å². The summed E-state index contributed by atoms with van der Waals surface area (Å²) < 4.78 is 8.99. The number of aromatic nitrogens is 2. The molecule has 2 heterocycles. The Hall–Kier alpha value is -0.870. The van der Waals surface area contributed by atoms with Crippen molar-refractivity contribution >= 4 is 27.0 Å². The van der Waals surface area contributed by atoms with Crippen LogP contribution in [0.1, 0.15) is 85.0 Å². The predicted octanol–water partition coefficient (Wildman–Crippen LogP) is 7.72. The second-order valence-corrected chi connectivity index (χ2v) is 9.70. The molecule has 4 heteroatoms. The van der Waals surface area contributed by atoms with Gasteiger partial charge in [-0.2, -0.15) is 0 Å². The van der Waals surface area contributed by atoms with Crippen LogP contribution in [-0.2, 0) is 11.5 Å². The molecule has 0 atom stereocenters. The third-order valence-corrected chi connectivity index (χ3v) is 5.75. The highest BCUT2D eigenvalue weighted by Crippen LogP contribution is 2.23. The average molecular weight is 437 g/mol. The number of ether oxygens (including phenoxy) is 1. The molecule has 0 aliphatic rings. The van der Waals surface area contributed by atoms with Gasteiger partial charge in [-0.3, -0.25) is 0 Å².